The largest absolute Gasteiger partial charge is 0.481 e. The fourth-order valence-electron chi connectivity index (χ4n) is 4.53. The molecule has 3 aromatic carbocycles. The van der Waals surface area contributed by atoms with E-state index in [0.717, 1.165) is 6.07 Å². The molecule has 0 aliphatic heterocycles. The highest BCUT2D eigenvalue weighted by Crippen LogP contribution is 2.52. The van der Waals surface area contributed by atoms with Gasteiger partial charge in [0.1, 0.15) is 17.7 Å². The molecule has 5 rings (SSSR count). The number of rotatable bonds is 7. The Morgan fingerprint density at radius 3 is 2.45 bits per heavy atom. The number of hydrogen-bond acceptors (Lipinski definition) is 4. The minimum absolute atomic E-state index is 0.0286. The molecule has 4 aromatic rings. The number of carbonyl (C=O) groups is 2. The minimum atomic E-state index is -1.23. The fraction of sp³-hybridized carbons (Fsp3) is 0.179. The molecule has 0 bridgehead atoms. The van der Waals surface area contributed by atoms with Crippen molar-refractivity contribution in [2.45, 2.75) is 31.3 Å². The summed E-state index contributed by atoms with van der Waals surface area (Å²) in [7, 11) is 0. The van der Waals surface area contributed by atoms with Crippen LogP contribution in [0, 0.1) is 11.8 Å². The fourth-order valence-corrected chi connectivity index (χ4v) is 4.82. The predicted octanol–water partition coefficient (Wildman–Crippen LogP) is 6.90. The number of benzene rings is 3. The van der Waals surface area contributed by atoms with Crippen LogP contribution in [0.25, 0.3) is 16.8 Å². The Kier molecular flexibility index (Phi) is 6.62. The van der Waals surface area contributed by atoms with Crippen LogP contribution in [0.5, 0.6) is 0 Å². The first-order valence-electron chi connectivity index (χ1n) is 11.8. The van der Waals surface area contributed by atoms with Crippen molar-refractivity contribution in [2.24, 2.45) is 0 Å². The maximum Gasteiger partial charge on any atom is 0.413 e. The van der Waals surface area contributed by atoms with Crippen LogP contribution in [-0.2, 0) is 14.9 Å². The summed E-state index contributed by atoms with van der Waals surface area (Å²) in [6.07, 6.45) is -0.768. The zero-order valence-electron chi connectivity index (χ0n) is 20.1. The van der Waals surface area contributed by atoms with Crippen LogP contribution in [0.2, 0.25) is 5.02 Å². The maximum atomic E-state index is 14.8. The number of carboxylic acid groups (broad SMARTS) is 1. The van der Waals surface area contributed by atoms with E-state index in [0.29, 0.717) is 40.2 Å². The molecular weight excluding hydrogens is 516 g/mol. The topological polar surface area (TPSA) is 93.5 Å². The van der Waals surface area contributed by atoms with Gasteiger partial charge in [0, 0.05) is 22.2 Å². The van der Waals surface area contributed by atoms with Gasteiger partial charge in [0.05, 0.1) is 11.1 Å². The number of carbonyl (C=O) groups excluding carboxylic acids is 1. The van der Waals surface area contributed by atoms with Crippen LogP contribution in [0.4, 0.5) is 19.4 Å². The number of anilines is 1. The highest BCUT2D eigenvalue weighted by Gasteiger charge is 2.54. The number of carboxylic acids is 1. The van der Waals surface area contributed by atoms with Gasteiger partial charge in [-0.3, -0.25) is 10.1 Å². The molecule has 1 fully saturated rings. The second-order valence-electron chi connectivity index (χ2n) is 9.05. The van der Waals surface area contributed by atoms with Gasteiger partial charge in [-0.1, -0.05) is 54.1 Å². The predicted molar refractivity (Wildman–Crippen MR) is 137 cm³/mol. The van der Waals surface area contributed by atoms with E-state index in [-0.39, 0.29) is 11.4 Å². The van der Waals surface area contributed by atoms with Gasteiger partial charge in [-0.15, -0.1) is 5.10 Å². The average molecular weight is 538 g/mol. The molecular formula is C28H22ClF2N3O4. The van der Waals surface area contributed by atoms with Crippen molar-refractivity contribution in [3.05, 3.63) is 101 Å². The number of halogens is 3. The summed E-state index contributed by atoms with van der Waals surface area (Å²) in [6.45, 7) is 1.66. The van der Waals surface area contributed by atoms with Crippen LogP contribution in [-0.4, -0.2) is 26.9 Å². The molecule has 1 aromatic heterocycles. The highest BCUT2D eigenvalue weighted by atomic mass is 35.5. The first-order chi connectivity index (χ1) is 18.2. The number of hydrogen-bond donors (Lipinski definition) is 2. The molecule has 38 heavy (non-hydrogen) atoms. The van der Waals surface area contributed by atoms with Crippen LogP contribution < -0.4 is 5.32 Å². The standard InChI is InChI=1S/C28H22ClF2N3O4/c1-16(19-5-2-3-7-21(19)29)38-27(37)32-24-15-23(31)33-34(24)18-11-9-17(10-12-18)20-6-4-8-22(30)25(20)28(13-14-28)26(35)36/h2-12,15-16H,13-14H2,1H3,(H,32,37)(H,35,36). The molecule has 194 valence electrons. The van der Waals surface area contributed by atoms with E-state index in [1.165, 1.54) is 16.8 Å². The van der Waals surface area contributed by atoms with Crippen LogP contribution in [0.1, 0.15) is 37.0 Å². The Bertz CT molecular complexity index is 1530. The first-order valence-corrected chi connectivity index (χ1v) is 12.2. The van der Waals surface area contributed by atoms with E-state index >= 15 is 0 Å². The molecule has 0 saturated heterocycles. The Hall–Kier alpha value is -4.24. The van der Waals surface area contributed by atoms with E-state index in [9.17, 15) is 23.5 Å². The van der Waals surface area contributed by atoms with Crippen molar-refractivity contribution in [1.29, 1.82) is 0 Å². The second kappa shape index (κ2) is 9.90. The summed E-state index contributed by atoms with van der Waals surface area (Å²) in [4.78, 5) is 24.4. The zero-order valence-corrected chi connectivity index (χ0v) is 20.9. The van der Waals surface area contributed by atoms with Crippen LogP contribution in [0.3, 0.4) is 0 Å². The van der Waals surface area contributed by atoms with Crippen molar-refractivity contribution in [1.82, 2.24) is 9.78 Å². The molecule has 1 heterocycles. The Balaban J connectivity index is 1.39. The third-order valence-corrected chi connectivity index (χ3v) is 6.96. The molecule has 0 radical (unpaired) electrons. The monoisotopic (exact) mass is 537 g/mol. The molecule has 7 nitrogen and oxygen atoms in total. The lowest BCUT2D eigenvalue weighted by atomic mass is 9.87. The van der Waals surface area contributed by atoms with E-state index in [4.69, 9.17) is 16.3 Å². The lowest BCUT2D eigenvalue weighted by Gasteiger charge is -2.17. The number of aromatic nitrogens is 2. The number of nitrogens with one attached hydrogen (secondary N) is 1. The molecule has 1 saturated carbocycles. The lowest BCUT2D eigenvalue weighted by molar-refractivity contribution is -0.140. The van der Waals surface area contributed by atoms with Crippen LogP contribution in [0.15, 0.2) is 72.8 Å². The summed E-state index contributed by atoms with van der Waals surface area (Å²) in [6, 6.07) is 19.0. The van der Waals surface area contributed by atoms with Crippen molar-refractivity contribution >= 4 is 29.5 Å². The third kappa shape index (κ3) is 4.72. The number of aliphatic carboxylic acids is 1. The maximum absolute atomic E-state index is 14.8. The van der Waals surface area contributed by atoms with Gasteiger partial charge in [-0.25, -0.2) is 13.9 Å². The van der Waals surface area contributed by atoms with Crippen molar-refractivity contribution in [2.75, 3.05) is 5.32 Å². The Labute approximate surface area is 221 Å². The number of ether oxygens (including phenoxy) is 1. The second-order valence-corrected chi connectivity index (χ2v) is 9.46. The van der Waals surface area contributed by atoms with E-state index in [1.54, 1.807) is 61.5 Å². The Morgan fingerprint density at radius 1 is 1.08 bits per heavy atom. The third-order valence-electron chi connectivity index (χ3n) is 6.61. The van der Waals surface area contributed by atoms with Gasteiger partial charge in [-0.05, 0) is 55.2 Å². The molecule has 1 atom stereocenters. The van der Waals surface area contributed by atoms with Crippen LogP contribution >= 0.6 is 11.6 Å². The summed E-state index contributed by atoms with van der Waals surface area (Å²) < 4.78 is 35.5. The van der Waals surface area contributed by atoms with Gasteiger partial charge in [0.25, 0.3) is 0 Å². The summed E-state index contributed by atoms with van der Waals surface area (Å²) >= 11 is 6.17. The van der Waals surface area contributed by atoms with E-state index < -0.39 is 35.3 Å². The summed E-state index contributed by atoms with van der Waals surface area (Å²) in [5.74, 6) is -2.43. The molecule has 1 aliphatic carbocycles. The highest BCUT2D eigenvalue weighted by molar-refractivity contribution is 6.31. The molecule has 2 N–H and O–H groups in total. The normalized spacial score (nSPS) is 14.5. The quantitative estimate of drug-likeness (QED) is 0.267. The minimum Gasteiger partial charge on any atom is -0.481 e. The van der Waals surface area contributed by atoms with Gasteiger partial charge in [0.2, 0.25) is 5.95 Å². The molecule has 1 aliphatic rings. The number of nitrogens with zero attached hydrogens (tertiary/aromatic N) is 2. The Morgan fingerprint density at radius 2 is 1.79 bits per heavy atom. The van der Waals surface area contributed by atoms with Gasteiger partial charge >= 0.3 is 12.1 Å². The average Bonchev–Trinajstić information content (AvgIpc) is 3.61. The van der Waals surface area contributed by atoms with Crippen molar-refractivity contribution in [3.63, 3.8) is 0 Å². The summed E-state index contributed by atoms with van der Waals surface area (Å²) in [5.41, 5.74) is 1.01. The SMILES string of the molecule is CC(OC(=O)Nc1cc(F)nn1-c1ccc(-c2cccc(F)c2C2(C(=O)O)CC2)cc1)c1ccccc1Cl. The van der Waals surface area contributed by atoms with E-state index in [1.807, 2.05) is 0 Å². The first kappa shape index (κ1) is 25.4. The van der Waals surface area contributed by atoms with Crippen molar-refractivity contribution < 1.29 is 28.2 Å². The molecule has 10 heteroatoms. The molecule has 0 spiro atoms. The molecule has 1 unspecified atom stereocenters. The summed E-state index contributed by atoms with van der Waals surface area (Å²) in [5, 5.41) is 16.5. The van der Waals surface area contributed by atoms with Gasteiger partial charge in [-0.2, -0.15) is 4.39 Å². The van der Waals surface area contributed by atoms with Crippen molar-refractivity contribution in [3.8, 4) is 16.8 Å². The molecule has 1 amide bonds. The smallest absolute Gasteiger partial charge is 0.413 e. The zero-order chi connectivity index (χ0) is 27.0. The lowest BCUT2D eigenvalue weighted by Crippen LogP contribution is -2.22. The van der Waals surface area contributed by atoms with E-state index in [2.05, 4.69) is 10.4 Å². The van der Waals surface area contributed by atoms with Gasteiger partial charge < -0.3 is 9.84 Å². The number of amides is 1. The van der Waals surface area contributed by atoms with Gasteiger partial charge in [0.15, 0.2) is 0 Å².